The van der Waals surface area contributed by atoms with E-state index < -0.39 is 22.1 Å². The Labute approximate surface area is 338 Å². The molecule has 298 valence electrons. The minimum atomic E-state index is -3.72. The number of nitriles is 2. The zero-order valence-electron chi connectivity index (χ0n) is 31.9. The van der Waals surface area contributed by atoms with Gasteiger partial charge in [-0.3, -0.25) is 9.52 Å². The second kappa shape index (κ2) is 18.8. The molecule has 0 unspecified atom stereocenters. The average molecular weight is 814 g/mol. The number of hydrogen-bond acceptors (Lipinski definition) is 10. The van der Waals surface area contributed by atoms with Gasteiger partial charge in [0.1, 0.15) is 36.1 Å². The van der Waals surface area contributed by atoms with Gasteiger partial charge in [0.2, 0.25) is 15.9 Å². The molecule has 0 spiro atoms. The zero-order chi connectivity index (χ0) is 40.5. The Hall–Kier alpha value is -5.18. The lowest BCUT2D eigenvalue weighted by Gasteiger charge is -2.28. The molecule has 1 fully saturated rings. The summed E-state index contributed by atoms with van der Waals surface area (Å²) in [6.07, 6.45) is 3.49. The fourth-order valence-electron chi connectivity index (χ4n) is 7.36. The fraction of sp³-hybridized carbons (Fsp3) is 0.372. The number of sulfonamides is 1. The number of hydrogen-bond donors (Lipinski definition) is 2. The molecule has 1 amide bonds. The summed E-state index contributed by atoms with van der Waals surface area (Å²) in [4.78, 5) is 14.4. The van der Waals surface area contributed by atoms with E-state index in [0.29, 0.717) is 64.6 Å². The lowest BCUT2D eigenvalue weighted by molar-refractivity contribution is -0.118. The monoisotopic (exact) mass is 813 g/mol. The molecule has 4 aromatic carbocycles. The summed E-state index contributed by atoms with van der Waals surface area (Å²) in [5.41, 5.74) is 7.31. The van der Waals surface area contributed by atoms with Crippen molar-refractivity contribution in [2.45, 2.75) is 64.5 Å². The molecule has 6 rings (SSSR count). The first-order valence-electron chi connectivity index (χ1n) is 18.9. The highest BCUT2D eigenvalue weighted by Gasteiger charge is 2.28. The number of carbonyl (C=O) groups excluding carboxylic acids is 1. The third-order valence-corrected chi connectivity index (χ3v) is 11.0. The van der Waals surface area contributed by atoms with Crippen LogP contribution in [0.4, 0.5) is 4.39 Å². The number of rotatable bonds is 16. The minimum Gasteiger partial charge on any atom is -0.493 e. The van der Waals surface area contributed by atoms with Gasteiger partial charge in [0.05, 0.1) is 47.7 Å². The smallest absolute Gasteiger partial charge is 0.247 e. The average Bonchev–Trinajstić information content (AvgIpc) is 3.60. The predicted molar refractivity (Wildman–Crippen MR) is 215 cm³/mol. The van der Waals surface area contributed by atoms with Crippen molar-refractivity contribution in [3.8, 4) is 40.5 Å². The van der Waals surface area contributed by atoms with Gasteiger partial charge in [-0.2, -0.15) is 10.5 Å². The number of fused-ring (bicyclic) bond motifs is 1. The van der Waals surface area contributed by atoms with Crippen molar-refractivity contribution in [3.63, 3.8) is 0 Å². The molecule has 1 aliphatic heterocycles. The van der Waals surface area contributed by atoms with Crippen LogP contribution in [0.1, 0.15) is 70.7 Å². The molecule has 57 heavy (non-hydrogen) atoms. The fourth-order valence-corrected chi connectivity index (χ4v) is 8.08. The Morgan fingerprint density at radius 2 is 1.67 bits per heavy atom. The Bertz CT molecular complexity index is 2270. The van der Waals surface area contributed by atoms with E-state index in [1.54, 1.807) is 24.3 Å². The number of piperidine rings is 1. The zero-order valence-corrected chi connectivity index (χ0v) is 33.5. The van der Waals surface area contributed by atoms with Crippen LogP contribution in [0.5, 0.6) is 17.2 Å². The molecule has 2 aliphatic rings. The van der Waals surface area contributed by atoms with Crippen LogP contribution in [-0.2, 0) is 34.4 Å². The van der Waals surface area contributed by atoms with Crippen LogP contribution in [0.2, 0.25) is 5.02 Å². The standard InChI is InChI=1S/C43H45ClFN5O6S/c1-28-34(6-4-9-39(28)54-17-5-14-50-15-12-33(45)13-16-50)35-7-3-8-37-36(35)10-11-40(37)56-42-22-41(55-27-31-19-29(23-46)18-30(20-31)24-47)32(21-38(42)44)25-48-26-43(51)49-57(2,52)53/h3-4,6-9,18-22,33,40,48H,5,10-17,25-27H2,1-2H3,(H,49,51)/t40-/m0/s1. The summed E-state index contributed by atoms with van der Waals surface area (Å²) in [5.74, 6) is 0.888. The van der Waals surface area contributed by atoms with Crippen LogP contribution in [-0.4, -0.2) is 64.4 Å². The molecule has 1 heterocycles. The van der Waals surface area contributed by atoms with E-state index >= 15 is 0 Å². The van der Waals surface area contributed by atoms with Crippen LogP contribution in [0.3, 0.4) is 0 Å². The highest BCUT2D eigenvalue weighted by molar-refractivity contribution is 7.89. The van der Waals surface area contributed by atoms with E-state index in [2.05, 4.69) is 47.5 Å². The topological polar surface area (TPSA) is 154 Å². The Balaban J connectivity index is 1.19. The van der Waals surface area contributed by atoms with E-state index in [4.69, 9.17) is 25.8 Å². The Morgan fingerprint density at radius 1 is 0.947 bits per heavy atom. The largest absolute Gasteiger partial charge is 0.493 e. The van der Waals surface area contributed by atoms with Crippen molar-refractivity contribution < 1.29 is 31.8 Å². The molecule has 11 nitrogen and oxygen atoms in total. The van der Waals surface area contributed by atoms with Gasteiger partial charge in [-0.1, -0.05) is 41.9 Å². The third kappa shape index (κ3) is 11.0. The Kier molecular flexibility index (Phi) is 13.7. The summed E-state index contributed by atoms with van der Waals surface area (Å²) in [6, 6.07) is 24.6. The third-order valence-electron chi connectivity index (χ3n) is 10.1. The quantitative estimate of drug-likeness (QED) is 0.112. The van der Waals surface area contributed by atoms with Crippen molar-refractivity contribution >= 4 is 27.5 Å². The van der Waals surface area contributed by atoms with Crippen molar-refractivity contribution in [1.29, 1.82) is 10.5 Å². The molecule has 2 N–H and O–H groups in total. The number of likely N-dealkylation sites (tertiary alicyclic amines) is 1. The number of benzene rings is 4. The van der Waals surface area contributed by atoms with Crippen molar-refractivity contribution in [2.24, 2.45) is 0 Å². The van der Waals surface area contributed by atoms with Gasteiger partial charge in [0, 0.05) is 37.8 Å². The minimum absolute atomic E-state index is 0.0177. The molecular weight excluding hydrogens is 769 g/mol. The van der Waals surface area contributed by atoms with Crippen LogP contribution < -0.4 is 24.2 Å². The summed E-state index contributed by atoms with van der Waals surface area (Å²) in [6.45, 7) is 4.98. The molecule has 0 bridgehead atoms. The molecule has 1 saturated heterocycles. The summed E-state index contributed by atoms with van der Waals surface area (Å²) in [5, 5.41) is 22.2. The molecule has 0 saturated carbocycles. The van der Waals surface area contributed by atoms with Gasteiger partial charge in [-0.25, -0.2) is 12.8 Å². The maximum atomic E-state index is 13.5. The number of carbonyl (C=O) groups is 1. The lowest BCUT2D eigenvalue weighted by atomic mass is 9.93. The van der Waals surface area contributed by atoms with Crippen LogP contribution >= 0.6 is 11.6 Å². The van der Waals surface area contributed by atoms with E-state index in [-0.39, 0.29) is 25.8 Å². The van der Waals surface area contributed by atoms with Crippen molar-refractivity contribution in [1.82, 2.24) is 14.9 Å². The maximum Gasteiger partial charge on any atom is 0.247 e. The summed E-state index contributed by atoms with van der Waals surface area (Å²) in [7, 11) is -3.72. The normalized spacial score (nSPS) is 15.6. The molecular formula is C43H45ClFN5O6S. The number of nitrogens with zero attached hydrogens (tertiary/aromatic N) is 3. The van der Waals surface area contributed by atoms with Crippen molar-refractivity contribution in [3.05, 3.63) is 111 Å². The van der Waals surface area contributed by atoms with E-state index in [1.807, 2.05) is 22.9 Å². The highest BCUT2D eigenvalue weighted by atomic mass is 35.5. The Morgan fingerprint density at radius 3 is 2.39 bits per heavy atom. The van der Waals surface area contributed by atoms with Gasteiger partial charge < -0.3 is 24.4 Å². The first-order chi connectivity index (χ1) is 27.4. The van der Waals surface area contributed by atoms with Gasteiger partial charge in [-0.05, 0) is 103 Å². The molecule has 4 aromatic rings. The second-order valence-corrected chi connectivity index (χ2v) is 16.5. The highest BCUT2D eigenvalue weighted by Crippen LogP contribution is 2.44. The summed E-state index contributed by atoms with van der Waals surface area (Å²) < 4.78 is 57.5. The number of nitrogens with one attached hydrogen (secondary N) is 2. The van der Waals surface area contributed by atoms with Gasteiger partial charge in [-0.15, -0.1) is 0 Å². The van der Waals surface area contributed by atoms with E-state index in [1.165, 1.54) is 11.6 Å². The SMILES string of the molecule is Cc1c(OCCCN2CCC(F)CC2)cccc1-c1cccc2c1CC[C@@H]2Oc1cc(OCc2cc(C#N)cc(C#N)c2)c(CNCC(=O)NS(C)(=O)=O)cc1Cl. The van der Waals surface area contributed by atoms with Crippen LogP contribution in [0.25, 0.3) is 11.1 Å². The second-order valence-electron chi connectivity index (χ2n) is 14.4. The van der Waals surface area contributed by atoms with Crippen LogP contribution in [0, 0.1) is 29.6 Å². The maximum absolute atomic E-state index is 13.5. The number of ether oxygens (including phenoxy) is 3. The molecule has 1 aliphatic carbocycles. The van der Waals surface area contributed by atoms with E-state index in [0.717, 1.165) is 66.7 Å². The van der Waals surface area contributed by atoms with E-state index in [9.17, 15) is 28.1 Å². The van der Waals surface area contributed by atoms with Crippen molar-refractivity contribution in [2.75, 3.05) is 39.0 Å². The summed E-state index contributed by atoms with van der Waals surface area (Å²) >= 11 is 6.83. The number of halogens is 2. The molecule has 1 atom stereocenters. The molecule has 0 radical (unpaired) electrons. The predicted octanol–water partition coefficient (Wildman–Crippen LogP) is 7.07. The van der Waals surface area contributed by atoms with Gasteiger partial charge >= 0.3 is 0 Å². The molecule has 0 aromatic heterocycles. The number of amides is 1. The molecule has 14 heteroatoms. The number of alkyl halides is 1. The first-order valence-corrected chi connectivity index (χ1v) is 21.2. The van der Waals surface area contributed by atoms with Crippen LogP contribution in [0.15, 0.2) is 66.7 Å². The van der Waals surface area contributed by atoms with Gasteiger partial charge in [0.25, 0.3) is 0 Å². The first kappa shape index (κ1) is 41.5. The van der Waals surface area contributed by atoms with Gasteiger partial charge in [0.15, 0.2) is 0 Å². The lowest BCUT2D eigenvalue weighted by Crippen LogP contribution is -2.36.